The Labute approximate surface area is 468 Å². The van der Waals surface area contributed by atoms with E-state index in [2.05, 4.69) is 93.6 Å². The molecule has 1 spiro atoms. The van der Waals surface area contributed by atoms with Gasteiger partial charge in [0, 0.05) is 58.2 Å². The molecule has 7 rings (SSSR count). The van der Waals surface area contributed by atoms with Gasteiger partial charge in [-0.1, -0.05) is 124 Å². The number of carbonyl (C=O) groups is 2. The maximum atomic E-state index is 14.9. The molecule has 1 N–H and O–H groups in total. The van der Waals surface area contributed by atoms with Gasteiger partial charge in [0.1, 0.15) is 35.9 Å². The Hall–Kier alpha value is -2.58. The number of unbranched alkanes of at least 4 members (excludes halogenated alkanes) is 4. The summed E-state index contributed by atoms with van der Waals surface area (Å²) in [5.74, 6) is -2.70. The molecular weight excluding hydrogens is 1010 g/mol. The van der Waals surface area contributed by atoms with Crippen LogP contribution in [0.15, 0.2) is 59.3 Å². The molecule has 0 aromatic heterocycles. The van der Waals surface area contributed by atoms with E-state index >= 15 is 0 Å². The first-order valence-corrected chi connectivity index (χ1v) is 32.6. The molecule has 6 aliphatic heterocycles. The van der Waals surface area contributed by atoms with Crippen LogP contribution in [0.2, 0.25) is 18.1 Å². The van der Waals surface area contributed by atoms with Gasteiger partial charge >= 0.3 is 11.9 Å². The van der Waals surface area contributed by atoms with Gasteiger partial charge in [0.25, 0.3) is 0 Å². The molecule has 0 aromatic carbocycles. The van der Waals surface area contributed by atoms with Crippen LogP contribution in [0, 0.1) is 23.7 Å². The highest BCUT2D eigenvalue weighted by Crippen LogP contribution is 2.50. The summed E-state index contributed by atoms with van der Waals surface area (Å²) in [6.07, 6.45) is 15.6. The highest BCUT2D eigenvalue weighted by molar-refractivity contribution is 6.74. The van der Waals surface area contributed by atoms with Crippen molar-refractivity contribution >= 4 is 20.3 Å². The monoisotopic (exact) mass is 1110 g/mol. The lowest BCUT2D eigenvalue weighted by Crippen LogP contribution is -2.60. The fourth-order valence-electron chi connectivity index (χ4n) is 12.4. The smallest absolute Gasteiger partial charge is 0.316 e. The second-order valence-electron chi connectivity index (χ2n) is 25.4. The van der Waals surface area contributed by atoms with Crippen LogP contribution >= 0.6 is 0 Å². The first kappa shape index (κ1) is 63.0. The number of rotatable bonds is 17. The van der Waals surface area contributed by atoms with E-state index in [9.17, 15) is 14.7 Å². The molecule has 78 heavy (non-hydrogen) atoms. The summed E-state index contributed by atoms with van der Waals surface area (Å²) in [5.41, 5.74) is 0.626. The van der Waals surface area contributed by atoms with Crippen LogP contribution in [0.25, 0.3) is 0 Å². The van der Waals surface area contributed by atoms with Crippen molar-refractivity contribution in [2.75, 3.05) is 20.8 Å². The lowest BCUT2D eigenvalue weighted by molar-refractivity contribution is -0.319. The average Bonchev–Trinajstić information content (AvgIpc) is 3.89. The molecule has 6 heterocycles. The molecule has 15 nitrogen and oxygen atoms in total. The molecular formula is C62H100O15Si. The van der Waals surface area contributed by atoms with Gasteiger partial charge < -0.3 is 61.6 Å². The second kappa shape index (κ2) is 26.8. The summed E-state index contributed by atoms with van der Waals surface area (Å²) in [7, 11) is 0.907. The summed E-state index contributed by atoms with van der Waals surface area (Å²) in [5, 5.41) is 13.2. The average molecular weight is 1110 g/mol. The van der Waals surface area contributed by atoms with Crippen LogP contribution in [0.3, 0.4) is 0 Å². The Balaban J connectivity index is 1.14. The standard InChI is InChI=1S/C62H100O15Si/c1-17-19-20-21-22-26-50(63)72-56-42(8)69-52(33-48(56)66-13)74-57-43(9)70-51(34-49(57)67-14)73-53-38(4)24-23-25-44-36-68-58-55(77-78(15,16)60(10,11)12)41(7)31-47(62(44,58)65)59(64)71-46-32-45(28-27-39(53)5)75-61(35-46)30-29-40(6)54(76-61)37(3)18-2/h23-25,27,29-31,37-38,40,42-43,45-49,51-58,65H,17-22,26,28,32-36H2,1-16H3/b24-23+,39-27+,44-25-/t37-,38-,40-,42-,43-,45+,46-,47-,48+,49+,51-,52-,53-,54+,55+,56-,57-,58+,61+,62+/m0/s1. The molecule has 0 radical (unpaired) electrons. The van der Waals surface area contributed by atoms with Crippen LogP contribution in [0.5, 0.6) is 0 Å². The molecule has 20 atom stereocenters. The van der Waals surface area contributed by atoms with Crippen LogP contribution in [-0.4, -0.2) is 143 Å². The third kappa shape index (κ3) is 14.4. The van der Waals surface area contributed by atoms with Crippen LogP contribution in [-0.2, 0) is 66.1 Å². The summed E-state index contributed by atoms with van der Waals surface area (Å²) in [4.78, 5) is 27.8. The van der Waals surface area contributed by atoms with Gasteiger partial charge in [0.2, 0.25) is 0 Å². The van der Waals surface area contributed by atoms with E-state index in [-0.39, 0.29) is 47.6 Å². The molecule has 4 saturated heterocycles. The quantitative estimate of drug-likeness (QED) is 0.0632. The van der Waals surface area contributed by atoms with Gasteiger partial charge in [-0.05, 0) is 87.4 Å². The summed E-state index contributed by atoms with van der Waals surface area (Å²) in [6.45, 7) is 29.8. The van der Waals surface area contributed by atoms with Crippen molar-refractivity contribution in [1.82, 2.24) is 0 Å². The lowest BCUT2D eigenvalue weighted by Gasteiger charge is -2.49. The van der Waals surface area contributed by atoms with E-state index < -0.39 is 105 Å². The van der Waals surface area contributed by atoms with Crippen molar-refractivity contribution < 1.29 is 71.2 Å². The summed E-state index contributed by atoms with van der Waals surface area (Å²) >= 11 is 0. The van der Waals surface area contributed by atoms with Gasteiger partial charge in [-0.3, -0.25) is 9.59 Å². The maximum Gasteiger partial charge on any atom is 0.316 e. The minimum atomic E-state index is -2.39. The van der Waals surface area contributed by atoms with Crippen LogP contribution in [0.4, 0.5) is 0 Å². The van der Waals surface area contributed by atoms with Crippen molar-refractivity contribution in [3.05, 3.63) is 59.3 Å². The largest absolute Gasteiger partial charge is 0.462 e. The number of fused-ring (bicyclic) bond motifs is 2. The highest BCUT2D eigenvalue weighted by Gasteiger charge is 2.62. The van der Waals surface area contributed by atoms with E-state index in [0.717, 1.165) is 49.7 Å². The second-order valence-corrected chi connectivity index (χ2v) is 30.2. The molecule has 442 valence electrons. The fourth-order valence-corrected chi connectivity index (χ4v) is 13.7. The van der Waals surface area contributed by atoms with Gasteiger partial charge in [-0.25, -0.2) is 0 Å². The zero-order chi connectivity index (χ0) is 56.9. The Bertz CT molecular complexity index is 2170. The van der Waals surface area contributed by atoms with E-state index in [1.54, 1.807) is 14.2 Å². The van der Waals surface area contributed by atoms with Crippen molar-refractivity contribution in [2.24, 2.45) is 23.7 Å². The zero-order valence-corrected chi connectivity index (χ0v) is 51.3. The Kier molecular flexibility index (Phi) is 21.6. The van der Waals surface area contributed by atoms with Gasteiger partial charge in [0.05, 0.1) is 49.3 Å². The van der Waals surface area contributed by atoms with Crippen molar-refractivity contribution in [3.63, 3.8) is 0 Å². The Morgan fingerprint density at radius 2 is 1.51 bits per heavy atom. The summed E-state index contributed by atoms with van der Waals surface area (Å²) in [6, 6.07) is 0. The Morgan fingerprint density at radius 1 is 0.846 bits per heavy atom. The van der Waals surface area contributed by atoms with Crippen LogP contribution in [0.1, 0.15) is 160 Å². The Morgan fingerprint density at radius 3 is 2.18 bits per heavy atom. The van der Waals surface area contributed by atoms with Gasteiger partial charge in [-0.2, -0.15) is 0 Å². The molecule has 7 aliphatic rings. The number of esters is 2. The number of carbonyl (C=O) groups excluding carboxylic acids is 2. The first-order chi connectivity index (χ1) is 36.9. The fraction of sp³-hybridized carbons (Fsp3) is 0.806. The molecule has 16 heteroatoms. The number of hydrogen-bond donors (Lipinski definition) is 1. The van der Waals surface area contributed by atoms with Crippen LogP contribution < -0.4 is 0 Å². The number of hydrogen-bond acceptors (Lipinski definition) is 15. The number of allylic oxidation sites excluding steroid dienone is 2. The molecule has 0 unspecified atom stereocenters. The maximum absolute atomic E-state index is 14.9. The van der Waals surface area contributed by atoms with Gasteiger partial charge in [-0.15, -0.1) is 0 Å². The number of ether oxygens (including phenoxy) is 11. The third-order valence-electron chi connectivity index (χ3n) is 18.4. The van der Waals surface area contributed by atoms with Gasteiger partial charge in [0.15, 0.2) is 32.8 Å². The van der Waals surface area contributed by atoms with E-state index in [0.29, 0.717) is 44.1 Å². The normalized spacial score (nSPS) is 41.9. The molecule has 0 saturated carbocycles. The zero-order valence-electron chi connectivity index (χ0n) is 50.3. The minimum Gasteiger partial charge on any atom is -0.462 e. The molecule has 2 bridgehead atoms. The number of methoxy groups -OCH3 is 2. The van der Waals surface area contributed by atoms with Crippen molar-refractivity contribution in [3.8, 4) is 0 Å². The predicted molar refractivity (Wildman–Crippen MR) is 301 cm³/mol. The number of aliphatic hydroxyl groups is 1. The summed E-state index contributed by atoms with van der Waals surface area (Å²) < 4.78 is 79.1. The topological polar surface area (TPSA) is 165 Å². The van der Waals surface area contributed by atoms with E-state index in [4.69, 9.17) is 56.5 Å². The molecule has 1 aliphatic carbocycles. The minimum absolute atomic E-state index is 0.0968. The van der Waals surface area contributed by atoms with E-state index in [1.807, 2.05) is 45.1 Å². The highest BCUT2D eigenvalue weighted by atomic mass is 28.4. The first-order valence-electron chi connectivity index (χ1n) is 29.7. The van der Waals surface area contributed by atoms with Crippen molar-refractivity contribution in [2.45, 2.75) is 275 Å². The molecule has 4 fully saturated rings. The molecule has 0 aromatic rings. The van der Waals surface area contributed by atoms with Crippen molar-refractivity contribution in [1.29, 1.82) is 0 Å². The third-order valence-corrected chi connectivity index (χ3v) is 22.9. The predicted octanol–water partition coefficient (Wildman–Crippen LogP) is 11.3. The SMILES string of the molecule is CCCCCCCC(=O)O[C@H]1[C@H](C)O[C@@H](O[C@H]2[C@H](C)O[C@@H](O[C@@H]3/C(C)=C/C[C@@H]4C[C@@H](C[C@]5(C=C[C@H](C)[C@@H]([C@@H](C)CC)O5)O4)OC(=O)[C@@H]4C=C(C)[C@@H](O[Si](C)(C)C(C)(C)C)[C@H]5OC/C(=C/C=C/[C@@H]3C)[C@]54O)C[C@H]2OC)C[C@H]1OC. The lowest BCUT2D eigenvalue weighted by atomic mass is 9.71. The molecule has 0 amide bonds. The van der Waals surface area contributed by atoms with E-state index in [1.165, 1.54) is 0 Å².